The molecule has 0 saturated heterocycles. The predicted molar refractivity (Wildman–Crippen MR) is 74.6 cm³/mol. The van der Waals surface area contributed by atoms with Gasteiger partial charge < -0.3 is 9.84 Å². The van der Waals surface area contributed by atoms with Gasteiger partial charge in [0.25, 0.3) is 0 Å². The maximum absolute atomic E-state index is 12.6. The van der Waals surface area contributed by atoms with Gasteiger partial charge in [0.1, 0.15) is 0 Å². The second-order valence-corrected chi connectivity index (χ2v) is 5.23. The van der Waals surface area contributed by atoms with Crippen LogP contribution < -0.4 is 0 Å². The maximum Gasteiger partial charge on any atom is 0.419 e. The van der Waals surface area contributed by atoms with E-state index >= 15 is 0 Å². The Balaban J connectivity index is 2.12. The van der Waals surface area contributed by atoms with Gasteiger partial charge in [0, 0.05) is 6.20 Å². The number of carboxylic acid groups (broad SMARTS) is 1. The molecular formula is C15H15F3N2O3. The van der Waals surface area contributed by atoms with Crippen LogP contribution in [0.5, 0.6) is 0 Å². The van der Waals surface area contributed by atoms with Crippen molar-refractivity contribution in [3.63, 3.8) is 0 Å². The van der Waals surface area contributed by atoms with Crippen LogP contribution in [0, 0.1) is 0 Å². The second kappa shape index (κ2) is 6.41. The van der Waals surface area contributed by atoms with Gasteiger partial charge in [-0.25, -0.2) is 4.79 Å². The van der Waals surface area contributed by atoms with Crippen molar-refractivity contribution >= 4 is 5.97 Å². The number of carboxylic acids is 1. The fourth-order valence-electron chi connectivity index (χ4n) is 1.91. The summed E-state index contributed by atoms with van der Waals surface area (Å²) in [5.41, 5.74) is -1.91. The molecule has 1 unspecified atom stereocenters. The van der Waals surface area contributed by atoms with Crippen LogP contribution in [-0.2, 0) is 27.9 Å². The molecule has 0 aliphatic carbocycles. The zero-order valence-corrected chi connectivity index (χ0v) is 12.2. The molecule has 0 bridgehead atoms. The summed E-state index contributed by atoms with van der Waals surface area (Å²) in [6, 6.07) is 9.03. The van der Waals surface area contributed by atoms with E-state index in [2.05, 4.69) is 5.10 Å². The number of hydrogen-bond acceptors (Lipinski definition) is 3. The number of aliphatic carboxylic acids is 1. The number of nitrogens with zero attached hydrogens (tertiary/aromatic N) is 2. The highest BCUT2D eigenvalue weighted by Gasteiger charge is 2.40. The van der Waals surface area contributed by atoms with Crippen molar-refractivity contribution in [3.05, 3.63) is 53.9 Å². The first-order valence-electron chi connectivity index (χ1n) is 6.71. The van der Waals surface area contributed by atoms with Crippen molar-refractivity contribution in [2.24, 2.45) is 0 Å². The van der Waals surface area contributed by atoms with Crippen LogP contribution in [0.15, 0.2) is 42.7 Å². The van der Waals surface area contributed by atoms with E-state index in [9.17, 15) is 23.1 Å². The predicted octanol–water partition coefficient (Wildman–Crippen LogP) is 2.92. The molecule has 124 valence electrons. The van der Waals surface area contributed by atoms with E-state index in [1.54, 1.807) is 24.3 Å². The number of alkyl halides is 3. The van der Waals surface area contributed by atoms with E-state index in [1.807, 2.05) is 6.07 Å². The molecule has 5 nitrogen and oxygen atoms in total. The molecule has 1 aromatic carbocycles. The Morgan fingerprint density at radius 3 is 2.48 bits per heavy atom. The summed E-state index contributed by atoms with van der Waals surface area (Å²) in [6.45, 7) is 1.08. The molecule has 2 aromatic rings. The molecule has 0 spiro atoms. The standard InChI is InChI=1S/C15H15F3N2O3/c1-14(13(21)22,10-23-9-11-5-3-2-4-6-11)20-8-12(7-19-20)15(16,17)18/h2-8H,9-10H2,1H3,(H,21,22). The Labute approximate surface area is 130 Å². The highest BCUT2D eigenvalue weighted by molar-refractivity contribution is 5.76. The van der Waals surface area contributed by atoms with Crippen molar-refractivity contribution in [1.29, 1.82) is 0 Å². The number of carbonyl (C=O) groups is 1. The zero-order valence-electron chi connectivity index (χ0n) is 12.2. The summed E-state index contributed by atoms with van der Waals surface area (Å²) in [6.07, 6.45) is -3.32. The number of aromatic nitrogens is 2. The highest BCUT2D eigenvalue weighted by Crippen LogP contribution is 2.30. The van der Waals surface area contributed by atoms with E-state index in [1.165, 1.54) is 6.92 Å². The van der Waals surface area contributed by atoms with E-state index < -0.39 is 23.2 Å². The fraction of sp³-hybridized carbons (Fsp3) is 0.333. The monoisotopic (exact) mass is 328 g/mol. The second-order valence-electron chi connectivity index (χ2n) is 5.23. The van der Waals surface area contributed by atoms with E-state index in [0.29, 0.717) is 12.4 Å². The van der Waals surface area contributed by atoms with Gasteiger partial charge in [-0.1, -0.05) is 30.3 Å². The summed E-state index contributed by atoms with van der Waals surface area (Å²) < 4.78 is 44.0. The minimum atomic E-state index is -4.58. The zero-order chi connectivity index (χ0) is 17.1. The minimum absolute atomic E-state index is 0.150. The molecule has 0 amide bonds. The van der Waals surface area contributed by atoms with Gasteiger partial charge in [0.05, 0.1) is 25.0 Å². The lowest BCUT2D eigenvalue weighted by molar-refractivity contribution is -0.151. The largest absolute Gasteiger partial charge is 0.479 e. The summed E-state index contributed by atoms with van der Waals surface area (Å²) in [5, 5.41) is 12.9. The molecule has 1 N–H and O–H groups in total. The normalized spacial score (nSPS) is 14.4. The number of rotatable bonds is 6. The van der Waals surface area contributed by atoms with Gasteiger partial charge in [-0.2, -0.15) is 18.3 Å². The number of hydrogen-bond donors (Lipinski definition) is 1. The van der Waals surface area contributed by atoms with E-state index in [-0.39, 0.29) is 13.2 Å². The topological polar surface area (TPSA) is 64.3 Å². The average Bonchev–Trinajstić information content (AvgIpc) is 2.98. The summed E-state index contributed by atoms with van der Waals surface area (Å²) in [4.78, 5) is 11.5. The maximum atomic E-state index is 12.6. The lowest BCUT2D eigenvalue weighted by Crippen LogP contribution is -2.43. The van der Waals surface area contributed by atoms with Gasteiger partial charge in [-0.15, -0.1) is 0 Å². The van der Waals surface area contributed by atoms with Crippen LogP contribution in [0.3, 0.4) is 0 Å². The molecule has 23 heavy (non-hydrogen) atoms. The highest BCUT2D eigenvalue weighted by atomic mass is 19.4. The lowest BCUT2D eigenvalue weighted by Gasteiger charge is -2.25. The van der Waals surface area contributed by atoms with Crippen LogP contribution in [-0.4, -0.2) is 27.5 Å². The molecule has 1 aromatic heterocycles. The Kier molecular flexibility index (Phi) is 4.74. The van der Waals surface area contributed by atoms with Crippen LogP contribution in [0.4, 0.5) is 13.2 Å². The first kappa shape index (κ1) is 17.0. The Morgan fingerprint density at radius 1 is 1.30 bits per heavy atom. The van der Waals surface area contributed by atoms with E-state index in [4.69, 9.17) is 4.74 Å². The molecule has 1 heterocycles. The number of benzene rings is 1. The van der Waals surface area contributed by atoms with Crippen molar-refractivity contribution < 1.29 is 27.8 Å². The Hall–Kier alpha value is -2.35. The third-order valence-electron chi connectivity index (χ3n) is 3.37. The smallest absolute Gasteiger partial charge is 0.419 e. The lowest BCUT2D eigenvalue weighted by atomic mass is 10.0. The molecule has 8 heteroatoms. The van der Waals surface area contributed by atoms with Crippen LogP contribution >= 0.6 is 0 Å². The third kappa shape index (κ3) is 3.89. The van der Waals surface area contributed by atoms with Gasteiger partial charge >= 0.3 is 12.1 Å². The number of ether oxygens (including phenoxy) is 1. The SMILES string of the molecule is CC(COCc1ccccc1)(C(=O)O)n1cc(C(F)(F)F)cn1. The molecule has 0 radical (unpaired) electrons. The average molecular weight is 328 g/mol. The van der Waals surface area contributed by atoms with Gasteiger partial charge in [-0.3, -0.25) is 4.68 Å². The van der Waals surface area contributed by atoms with Crippen molar-refractivity contribution in [1.82, 2.24) is 9.78 Å². The fourth-order valence-corrected chi connectivity index (χ4v) is 1.91. The molecule has 0 saturated carbocycles. The van der Waals surface area contributed by atoms with Gasteiger partial charge in [0.15, 0.2) is 5.54 Å². The van der Waals surface area contributed by atoms with E-state index in [0.717, 1.165) is 10.2 Å². The minimum Gasteiger partial charge on any atom is -0.479 e. The number of halogens is 3. The summed E-state index contributed by atoms with van der Waals surface area (Å²) >= 11 is 0. The Morgan fingerprint density at radius 2 is 1.96 bits per heavy atom. The third-order valence-corrected chi connectivity index (χ3v) is 3.37. The Bertz CT molecular complexity index is 670. The van der Waals surface area contributed by atoms with Crippen molar-refractivity contribution in [2.45, 2.75) is 25.2 Å². The van der Waals surface area contributed by atoms with Crippen LogP contribution in [0.25, 0.3) is 0 Å². The van der Waals surface area contributed by atoms with Gasteiger partial charge in [-0.05, 0) is 12.5 Å². The van der Waals surface area contributed by atoms with Crippen molar-refractivity contribution in [3.8, 4) is 0 Å². The van der Waals surface area contributed by atoms with Crippen molar-refractivity contribution in [2.75, 3.05) is 6.61 Å². The molecule has 0 aliphatic rings. The van der Waals surface area contributed by atoms with Crippen LogP contribution in [0.1, 0.15) is 18.1 Å². The van der Waals surface area contributed by atoms with Crippen LogP contribution in [0.2, 0.25) is 0 Å². The molecule has 0 aliphatic heterocycles. The molecule has 0 fully saturated rings. The van der Waals surface area contributed by atoms with Gasteiger partial charge in [0.2, 0.25) is 0 Å². The summed E-state index contributed by atoms with van der Waals surface area (Å²) in [7, 11) is 0. The first-order valence-corrected chi connectivity index (χ1v) is 6.71. The molecule has 2 rings (SSSR count). The molecule has 1 atom stereocenters. The molecular weight excluding hydrogens is 313 g/mol. The quantitative estimate of drug-likeness (QED) is 0.885. The first-order chi connectivity index (χ1) is 10.7. The summed E-state index contributed by atoms with van der Waals surface area (Å²) in [5.74, 6) is -1.33.